The zero-order valence-corrected chi connectivity index (χ0v) is 13.6. The molecule has 0 aromatic heterocycles. The van der Waals surface area contributed by atoms with Gasteiger partial charge in [-0.2, -0.15) is 0 Å². The first-order valence-electron chi connectivity index (χ1n) is 7.24. The Morgan fingerprint density at radius 2 is 2.10 bits per heavy atom. The monoisotopic (exact) mass is 315 g/mol. The molecule has 0 radical (unpaired) electrons. The van der Waals surface area contributed by atoms with Crippen LogP contribution in [0.15, 0.2) is 18.2 Å². The molecule has 2 rings (SSSR count). The van der Waals surface area contributed by atoms with E-state index in [0.29, 0.717) is 16.0 Å². The lowest BCUT2D eigenvalue weighted by Gasteiger charge is -2.46. The largest absolute Gasteiger partial charge is 0.396 e. The molecule has 3 atom stereocenters. The Hall–Kier alpha value is -0.280. The first kappa shape index (κ1) is 16.1. The van der Waals surface area contributed by atoms with Crippen molar-refractivity contribution in [3.05, 3.63) is 33.8 Å². The molecular formula is C16H23Cl2NO. The molecule has 1 aliphatic carbocycles. The highest BCUT2D eigenvalue weighted by Gasteiger charge is 2.43. The third-order valence-corrected chi connectivity index (χ3v) is 5.50. The molecule has 0 amide bonds. The van der Waals surface area contributed by atoms with Gasteiger partial charge in [-0.15, -0.1) is 0 Å². The van der Waals surface area contributed by atoms with E-state index in [1.807, 2.05) is 19.2 Å². The SMILES string of the molecule is CNC[C@@]1(c2ccc(Cl)c(Cl)c2)CCC(C)CC1CO. The second kappa shape index (κ2) is 6.65. The van der Waals surface area contributed by atoms with Crippen LogP contribution >= 0.6 is 23.2 Å². The lowest BCUT2D eigenvalue weighted by atomic mass is 9.60. The Morgan fingerprint density at radius 1 is 1.35 bits per heavy atom. The summed E-state index contributed by atoms with van der Waals surface area (Å²) in [6, 6.07) is 5.90. The van der Waals surface area contributed by atoms with E-state index in [9.17, 15) is 5.11 Å². The standard InChI is InChI=1S/C16H23Cl2NO/c1-11-5-6-16(10-19-2,13(7-11)9-20)12-3-4-14(17)15(18)8-12/h3-4,8,11,13,19-20H,5-7,9-10H2,1-2H3/t11?,13?,16-/m1/s1. The maximum Gasteiger partial charge on any atom is 0.0595 e. The Bertz CT molecular complexity index is 466. The van der Waals surface area contributed by atoms with E-state index >= 15 is 0 Å². The number of likely N-dealkylation sites (N-methyl/N-ethyl adjacent to an activating group) is 1. The Balaban J connectivity index is 2.44. The van der Waals surface area contributed by atoms with Crippen molar-refractivity contribution in [2.75, 3.05) is 20.2 Å². The van der Waals surface area contributed by atoms with Gasteiger partial charge in [0.25, 0.3) is 0 Å². The number of aliphatic hydroxyl groups excluding tert-OH is 1. The van der Waals surface area contributed by atoms with Gasteiger partial charge >= 0.3 is 0 Å². The van der Waals surface area contributed by atoms with E-state index in [1.54, 1.807) is 0 Å². The molecule has 0 saturated heterocycles. The van der Waals surface area contributed by atoms with E-state index in [-0.39, 0.29) is 17.9 Å². The van der Waals surface area contributed by atoms with Crippen LogP contribution in [0.4, 0.5) is 0 Å². The molecule has 1 saturated carbocycles. The lowest BCUT2D eigenvalue weighted by Crippen LogP contribution is -2.48. The molecule has 1 aromatic carbocycles. The molecule has 20 heavy (non-hydrogen) atoms. The highest BCUT2D eigenvalue weighted by Crippen LogP contribution is 2.46. The third kappa shape index (κ3) is 2.99. The van der Waals surface area contributed by atoms with Crippen molar-refractivity contribution >= 4 is 23.2 Å². The molecule has 2 unspecified atom stereocenters. The highest BCUT2D eigenvalue weighted by molar-refractivity contribution is 6.42. The van der Waals surface area contributed by atoms with Crippen molar-refractivity contribution in [2.24, 2.45) is 11.8 Å². The van der Waals surface area contributed by atoms with Gasteiger partial charge in [0.15, 0.2) is 0 Å². The van der Waals surface area contributed by atoms with E-state index in [2.05, 4.69) is 18.3 Å². The summed E-state index contributed by atoms with van der Waals surface area (Å²) >= 11 is 12.2. The number of hydrogen-bond donors (Lipinski definition) is 2. The van der Waals surface area contributed by atoms with Crippen molar-refractivity contribution in [1.82, 2.24) is 5.32 Å². The summed E-state index contributed by atoms with van der Waals surface area (Å²) in [4.78, 5) is 0. The van der Waals surface area contributed by atoms with Gasteiger partial charge in [-0.1, -0.05) is 36.2 Å². The van der Waals surface area contributed by atoms with Crippen LogP contribution in [-0.2, 0) is 5.41 Å². The van der Waals surface area contributed by atoms with Crippen LogP contribution in [0.1, 0.15) is 31.7 Å². The molecule has 0 spiro atoms. The molecule has 112 valence electrons. The van der Waals surface area contributed by atoms with Crippen LogP contribution in [0.3, 0.4) is 0 Å². The topological polar surface area (TPSA) is 32.3 Å². The van der Waals surface area contributed by atoms with Crippen LogP contribution in [0.5, 0.6) is 0 Å². The number of benzene rings is 1. The van der Waals surface area contributed by atoms with Gasteiger partial charge in [0.1, 0.15) is 0 Å². The zero-order chi connectivity index (χ0) is 14.8. The number of hydrogen-bond acceptors (Lipinski definition) is 2. The van der Waals surface area contributed by atoms with E-state index in [0.717, 1.165) is 19.4 Å². The Morgan fingerprint density at radius 3 is 2.70 bits per heavy atom. The minimum atomic E-state index is -0.0514. The van der Waals surface area contributed by atoms with Crippen LogP contribution in [0.2, 0.25) is 10.0 Å². The molecule has 0 heterocycles. The number of aliphatic hydroxyl groups is 1. The van der Waals surface area contributed by atoms with Gasteiger partial charge in [-0.05, 0) is 55.8 Å². The Kier molecular flexibility index (Phi) is 5.36. The molecule has 0 aliphatic heterocycles. The molecule has 2 N–H and O–H groups in total. The van der Waals surface area contributed by atoms with Gasteiger partial charge in [-0.25, -0.2) is 0 Å². The lowest BCUT2D eigenvalue weighted by molar-refractivity contribution is 0.0811. The predicted octanol–water partition coefficient (Wildman–Crippen LogP) is 3.88. The molecule has 2 nitrogen and oxygen atoms in total. The number of nitrogens with one attached hydrogen (secondary N) is 1. The molecule has 1 fully saturated rings. The zero-order valence-electron chi connectivity index (χ0n) is 12.1. The summed E-state index contributed by atoms with van der Waals surface area (Å²) in [5, 5.41) is 14.3. The average molecular weight is 316 g/mol. The van der Waals surface area contributed by atoms with Gasteiger partial charge in [0.2, 0.25) is 0 Å². The van der Waals surface area contributed by atoms with Crippen molar-refractivity contribution in [3.8, 4) is 0 Å². The van der Waals surface area contributed by atoms with E-state index in [1.165, 1.54) is 12.0 Å². The van der Waals surface area contributed by atoms with Gasteiger partial charge < -0.3 is 10.4 Å². The fourth-order valence-corrected chi connectivity index (χ4v) is 3.92. The van der Waals surface area contributed by atoms with Crippen LogP contribution in [-0.4, -0.2) is 25.3 Å². The summed E-state index contributed by atoms with van der Waals surface area (Å²) in [5.74, 6) is 0.927. The molecule has 0 bridgehead atoms. The van der Waals surface area contributed by atoms with Gasteiger partial charge in [0.05, 0.1) is 10.0 Å². The summed E-state index contributed by atoms with van der Waals surface area (Å²) in [7, 11) is 1.96. The minimum Gasteiger partial charge on any atom is -0.396 e. The second-order valence-corrected chi connectivity index (χ2v) is 6.89. The van der Waals surface area contributed by atoms with Crippen LogP contribution < -0.4 is 5.32 Å². The molecular weight excluding hydrogens is 293 g/mol. The van der Waals surface area contributed by atoms with E-state index < -0.39 is 0 Å². The summed E-state index contributed by atoms with van der Waals surface area (Å²) in [5.41, 5.74) is 1.14. The highest BCUT2D eigenvalue weighted by atomic mass is 35.5. The second-order valence-electron chi connectivity index (χ2n) is 6.07. The fraction of sp³-hybridized carbons (Fsp3) is 0.625. The number of halogens is 2. The maximum atomic E-state index is 9.87. The van der Waals surface area contributed by atoms with Crippen LogP contribution in [0, 0.1) is 11.8 Å². The first-order chi connectivity index (χ1) is 9.53. The predicted molar refractivity (Wildman–Crippen MR) is 85.7 cm³/mol. The normalized spacial score (nSPS) is 30.4. The van der Waals surface area contributed by atoms with Gasteiger partial charge in [-0.3, -0.25) is 0 Å². The van der Waals surface area contributed by atoms with Crippen molar-refractivity contribution in [2.45, 2.75) is 31.6 Å². The average Bonchev–Trinajstić information content (AvgIpc) is 2.44. The Labute approximate surface area is 131 Å². The maximum absolute atomic E-state index is 9.87. The smallest absolute Gasteiger partial charge is 0.0595 e. The van der Waals surface area contributed by atoms with E-state index in [4.69, 9.17) is 23.2 Å². The molecule has 4 heteroatoms. The quantitative estimate of drug-likeness (QED) is 0.883. The van der Waals surface area contributed by atoms with Crippen molar-refractivity contribution in [1.29, 1.82) is 0 Å². The van der Waals surface area contributed by atoms with Crippen LogP contribution in [0.25, 0.3) is 0 Å². The molecule has 1 aromatic rings. The van der Waals surface area contributed by atoms with Crippen molar-refractivity contribution in [3.63, 3.8) is 0 Å². The summed E-state index contributed by atoms with van der Waals surface area (Å²) in [6.07, 6.45) is 3.30. The summed E-state index contributed by atoms with van der Waals surface area (Å²) < 4.78 is 0. The molecule has 1 aliphatic rings. The summed E-state index contributed by atoms with van der Waals surface area (Å²) in [6.45, 7) is 3.33. The third-order valence-electron chi connectivity index (χ3n) is 4.76. The minimum absolute atomic E-state index is 0.0514. The number of rotatable bonds is 4. The van der Waals surface area contributed by atoms with Gasteiger partial charge in [0, 0.05) is 18.6 Å². The first-order valence-corrected chi connectivity index (χ1v) is 8.00. The fourth-order valence-electron chi connectivity index (χ4n) is 3.62. The van der Waals surface area contributed by atoms with Crippen molar-refractivity contribution < 1.29 is 5.11 Å².